The largest absolute Gasteiger partial charge is 0.756 e. The van der Waals surface area contributed by atoms with Gasteiger partial charge in [0.05, 0.1) is 34.4 Å². The van der Waals surface area contributed by atoms with Crippen molar-refractivity contribution in [3.63, 3.8) is 0 Å². The second-order valence-corrected chi connectivity index (χ2v) is 16.0. The molecule has 0 heterocycles. The Morgan fingerprint density at radius 1 is 0.615 bits per heavy atom. The molecule has 0 aliphatic rings. The summed E-state index contributed by atoms with van der Waals surface area (Å²) in [6.45, 7) is 5.19. The number of allylic oxidation sites excluding steroid dienone is 10. The number of carbonyl (C=O) groups excluding carboxylic acids is 1. The number of esters is 1. The fraction of sp³-hybridized carbons (Fsp3) is 0.744. The molecule has 0 radical (unpaired) electrons. The molecule has 0 saturated heterocycles. The van der Waals surface area contributed by atoms with Crippen LogP contribution in [0.4, 0.5) is 0 Å². The predicted molar refractivity (Wildman–Crippen MR) is 217 cm³/mol. The van der Waals surface area contributed by atoms with Crippen LogP contribution in [0.3, 0.4) is 0 Å². The standard InChI is InChI=1S/C43H78NO7P/c1-6-8-10-12-14-15-16-17-18-19-20-21-22-23-24-25-26-27-28-29-30-31-33-35-38-48-40-42(51-43(45)36-34-32-13-11-9-7-2)41-50-52(46,47)49-39-37-44(3,4)5/h8,10,14-15,17-18,20-21,23-24,42H,6-7,9,11-13,16,19,22,25-41H2,1-5H3/b10-8-,15-14-,18-17-,21-20-,24-23-. The first-order valence-corrected chi connectivity index (χ1v) is 22.0. The average Bonchev–Trinajstić information content (AvgIpc) is 3.09. The summed E-state index contributed by atoms with van der Waals surface area (Å²) in [5, 5.41) is 0. The zero-order valence-electron chi connectivity index (χ0n) is 34.0. The fourth-order valence-electron chi connectivity index (χ4n) is 5.16. The quantitative estimate of drug-likeness (QED) is 0.0205. The maximum absolute atomic E-state index is 12.5. The number of nitrogens with zero attached hydrogens (tertiary/aromatic N) is 1. The lowest BCUT2D eigenvalue weighted by atomic mass is 10.1. The molecule has 52 heavy (non-hydrogen) atoms. The van der Waals surface area contributed by atoms with Crippen molar-refractivity contribution in [2.75, 3.05) is 54.1 Å². The van der Waals surface area contributed by atoms with Crippen LogP contribution in [-0.2, 0) is 27.9 Å². The SMILES string of the molecule is CC/C=C\C/C=C\C/C=C\C/C=C\C/C=C\CCCCCCCCCCOCC(COP(=O)([O-])OCC[N+](C)(C)C)OC(=O)CCCCCCCC. The molecule has 0 aromatic carbocycles. The predicted octanol–water partition coefficient (Wildman–Crippen LogP) is 11.1. The molecule has 0 rings (SSSR count). The maximum atomic E-state index is 12.5. The van der Waals surface area contributed by atoms with E-state index in [0.717, 1.165) is 70.6 Å². The molecule has 0 aliphatic heterocycles. The number of hydrogen-bond donors (Lipinski definition) is 0. The zero-order chi connectivity index (χ0) is 38.4. The first-order valence-electron chi connectivity index (χ1n) is 20.5. The van der Waals surface area contributed by atoms with E-state index in [9.17, 15) is 14.3 Å². The number of ether oxygens (including phenoxy) is 2. The fourth-order valence-corrected chi connectivity index (χ4v) is 5.89. The summed E-state index contributed by atoms with van der Waals surface area (Å²) < 4.78 is 34.3. The third kappa shape index (κ3) is 39.4. The molecule has 302 valence electrons. The Hall–Kier alpha value is -1.80. The molecule has 0 amide bonds. The van der Waals surface area contributed by atoms with Crippen LogP contribution in [0.15, 0.2) is 60.8 Å². The van der Waals surface area contributed by atoms with Crippen molar-refractivity contribution in [2.24, 2.45) is 0 Å². The zero-order valence-corrected chi connectivity index (χ0v) is 34.9. The summed E-state index contributed by atoms with van der Waals surface area (Å²) in [6.07, 6.45) is 44.1. The summed E-state index contributed by atoms with van der Waals surface area (Å²) in [5.41, 5.74) is 0. The van der Waals surface area contributed by atoms with Crippen molar-refractivity contribution in [1.29, 1.82) is 0 Å². The first kappa shape index (κ1) is 50.2. The van der Waals surface area contributed by atoms with Gasteiger partial charge in [0.25, 0.3) is 7.82 Å². The molecule has 2 atom stereocenters. The minimum atomic E-state index is -4.51. The Morgan fingerprint density at radius 3 is 1.67 bits per heavy atom. The Labute approximate surface area is 320 Å². The van der Waals surface area contributed by atoms with Gasteiger partial charge in [-0.05, 0) is 57.8 Å². The van der Waals surface area contributed by atoms with Crippen LogP contribution in [0.5, 0.6) is 0 Å². The molecule has 0 bridgehead atoms. The van der Waals surface area contributed by atoms with Gasteiger partial charge in [-0.2, -0.15) is 0 Å². The van der Waals surface area contributed by atoms with Gasteiger partial charge in [0.15, 0.2) is 0 Å². The molecular formula is C43H78NO7P. The van der Waals surface area contributed by atoms with Crippen molar-refractivity contribution in [3.8, 4) is 0 Å². The molecule has 0 fully saturated rings. The van der Waals surface area contributed by atoms with E-state index >= 15 is 0 Å². The highest BCUT2D eigenvalue weighted by Crippen LogP contribution is 2.38. The normalized spacial score (nSPS) is 14.5. The van der Waals surface area contributed by atoms with Gasteiger partial charge in [-0.25, -0.2) is 0 Å². The minimum absolute atomic E-state index is 0.0222. The summed E-state index contributed by atoms with van der Waals surface area (Å²) >= 11 is 0. The van der Waals surface area contributed by atoms with E-state index < -0.39 is 13.9 Å². The van der Waals surface area contributed by atoms with Gasteiger partial charge >= 0.3 is 5.97 Å². The molecule has 0 spiro atoms. The van der Waals surface area contributed by atoms with E-state index in [0.29, 0.717) is 24.1 Å². The van der Waals surface area contributed by atoms with Crippen LogP contribution in [0.25, 0.3) is 0 Å². The molecule has 0 aromatic rings. The third-order valence-electron chi connectivity index (χ3n) is 8.33. The smallest absolute Gasteiger partial charge is 0.306 e. The van der Waals surface area contributed by atoms with Crippen molar-refractivity contribution >= 4 is 13.8 Å². The monoisotopic (exact) mass is 752 g/mol. The van der Waals surface area contributed by atoms with Crippen molar-refractivity contribution in [1.82, 2.24) is 0 Å². The number of rotatable bonds is 37. The number of quaternary nitrogens is 1. The van der Waals surface area contributed by atoms with Crippen LogP contribution in [-0.4, -0.2) is 70.7 Å². The number of carbonyl (C=O) groups is 1. The van der Waals surface area contributed by atoms with E-state index in [4.69, 9.17) is 18.5 Å². The Bertz CT molecular complexity index is 1020. The molecule has 8 nitrogen and oxygen atoms in total. The molecule has 0 aliphatic carbocycles. The van der Waals surface area contributed by atoms with Crippen LogP contribution in [0, 0.1) is 0 Å². The van der Waals surface area contributed by atoms with Crippen molar-refractivity contribution < 1.29 is 37.3 Å². The topological polar surface area (TPSA) is 94.1 Å². The van der Waals surface area contributed by atoms with Gasteiger partial charge in [0.2, 0.25) is 0 Å². The van der Waals surface area contributed by atoms with E-state index in [1.165, 1.54) is 57.8 Å². The summed E-state index contributed by atoms with van der Waals surface area (Å²) in [5.74, 6) is -0.350. The van der Waals surface area contributed by atoms with Gasteiger partial charge in [0, 0.05) is 13.0 Å². The molecule has 9 heteroatoms. The van der Waals surface area contributed by atoms with Gasteiger partial charge in [-0.3, -0.25) is 9.36 Å². The van der Waals surface area contributed by atoms with Crippen molar-refractivity contribution in [2.45, 2.75) is 155 Å². The van der Waals surface area contributed by atoms with E-state index in [1.807, 2.05) is 21.1 Å². The number of unbranched alkanes of at least 4 members (excludes halogenated alkanes) is 13. The molecule has 0 saturated carbocycles. The number of likely N-dealkylation sites (N-methyl/N-ethyl adjacent to an activating group) is 1. The summed E-state index contributed by atoms with van der Waals surface area (Å²) in [6, 6.07) is 0. The highest BCUT2D eigenvalue weighted by Gasteiger charge is 2.20. The van der Waals surface area contributed by atoms with Gasteiger partial charge < -0.3 is 27.9 Å². The molecule has 0 aromatic heterocycles. The number of hydrogen-bond acceptors (Lipinski definition) is 7. The molecular weight excluding hydrogens is 673 g/mol. The minimum Gasteiger partial charge on any atom is -0.756 e. The highest BCUT2D eigenvalue weighted by atomic mass is 31.2. The second-order valence-electron chi connectivity index (χ2n) is 14.6. The summed E-state index contributed by atoms with van der Waals surface area (Å²) in [4.78, 5) is 24.8. The first-order chi connectivity index (χ1) is 25.1. The maximum Gasteiger partial charge on any atom is 0.306 e. The molecule has 0 N–H and O–H groups in total. The lowest BCUT2D eigenvalue weighted by Crippen LogP contribution is -2.37. The van der Waals surface area contributed by atoms with Gasteiger partial charge in [0.1, 0.15) is 19.3 Å². The van der Waals surface area contributed by atoms with E-state index in [1.54, 1.807) is 0 Å². The van der Waals surface area contributed by atoms with E-state index in [-0.39, 0.29) is 25.8 Å². The van der Waals surface area contributed by atoms with Gasteiger partial charge in [-0.15, -0.1) is 0 Å². The summed E-state index contributed by atoms with van der Waals surface area (Å²) in [7, 11) is 1.34. The van der Waals surface area contributed by atoms with Gasteiger partial charge in [-0.1, -0.05) is 145 Å². The van der Waals surface area contributed by atoms with Crippen molar-refractivity contribution in [3.05, 3.63) is 60.8 Å². The molecule has 2 unspecified atom stereocenters. The van der Waals surface area contributed by atoms with Crippen LogP contribution in [0.1, 0.15) is 149 Å². The lowest BCUT2D eigenvalue weighted by Gasteiger charge is -2.28. The average molecular weight is 752 g/mol. The number of phosphoric ester groups is 1. The highest BCUT2D eigenvalue weighted by molar-refractivity contribution is 7.45. The Morgan fingerprint density at radius 2 is 1.12 bits per heavy atom. The lowest BCUT2D eigenvalue weighted by molar-refractivity contribution is -0.870. The Kier molecular flexibility index (Phi) is 34.9. The number of phosphoric acid groups is 1. The van der Waals surface area contributed by atoms with Crippen LogP contribution >= 0.6 is 7.82 Å². The van der Waals surface area contributed by atoms with Crippen LogP contribution in [0.2, 0.25) is 0 Å². The van der Waals surface area contributed by atoms with E-state index in [2.05, 4.69) is 74.6 Å². The Balaban J connectivity index is 4.06. The third-order valence-corrected chi connectivity index (χ3v) is 9.30. The second kappa shape index (κ2) is 36.2. The van der Waals surface area contributed by atoms with Crippen LogP contribution < -0.4 is 4.89 Å².